The zero-order chi connectivity index (χ0) is 14.7. The Bertz CT molecular complexity index is 370. The molecule has 0 atom stereocenters. The van der Waals surface area contributed by atoms with Crippen LogP contribution in [0.2, 0.25) is 0 Å². The van der Waals surface area contributed by atoms with Crippen LogP contribution in [-0.2, 0) is 9.59 Å². The fraction of sp³-hybridized carbons (Fsp3) is 0.615. The second kappa shape index (κ2) is 9.95. The fourth-order valence-electron chi connectivity index (χ4n) is 1.27. The van der Waals surface area contributed by atoms with Crippen molar-refractivity contribution in [1.29, 1.82) is 5.26 Å². The maximum atomic E-state index is 11.6. The van der Waals surface area contributed by atoms with Crippen LogP contribution in [0.1, 0.15) is 39.5 Å². The average Bonchev–Trinajstić information content (AvgIpc) is 2.33. The van der Waals surface area contributed by atoms with Gasteiger partial charge in [0.15, 0.2) is 0 Å². The van der Waals surface area contributed by atoms with Crippen LogP contribution < -0.4 is 10.6 Å². The molecule has 0 rings (SSSR count). The van der Waals surface area contributed by atoms with Crippen molar-refractivity contribution in [3.8, 4) is 6.07 Å². The molecule has 3 N–H and O–H groups in total. The lowest BCUT2D eigenvalue weighted by molar-refractivity contribution is -0.137. The van der Waals surface area contributed by atoms with E-state index in [2.05, 4.69) is 10.6 Å². The average molecular weight is 267 g/mol. The Morgan fingerprint density at radius 1 is 1.32 bits per heavy atom. The molecule has 0 aliphatic carbocycles. The SMILES string of the molecule is CC(C)N/C=C(/C#N)C(=O)NCCCCCC(=O)O. The van der Waals surface area contributed by atoms with Crippen molar-refractivity contribution in [1.82, 2.24) is 10.6 Å². The van der Waals surface area contributed by atoms with Gasteiger partial charge in [-0.2, -0.15) is 5.26 Å². The van der Waals surface area contributed by atoms with Crippen molar-refractivity contribution >= 4 is 11.9 Å². The predicted octanol–water partition coefficient (Wildman–Crippen LogP) is 1.15. The molecule has 6 nitrogen and oxygen atoms in total. The third-order valence-corrected chi connectivity index (χ3v) is 2.28. The number of aliphatic carboxylic acids is 1. The summed E-state index contributed by atoms with van der Waals surface area (Å²) in [6.07, 6.45) is 3.60. The number of carboxylic acids is 1. The molecule has 0 aromatic rings. The largest absolute Gasteiger partial charge is 0.481 e. The summed E-state index contributed by atoms with van der Waals surface area (Å²) in [7, 11) is 0. The molecule has 6 heteroatoms. The summed E-state index contributed by atoms with van der Waals surface area (Å²) in [5, 5.41) is 22.8. The molecule has 0 fully saturated rings. The van der Waals surface area contributed by atoms with E-state index >= 15 is 0 Å². The van der Waals surface area contributed by atoms with Crippen LogP contribution in [0.5, 0.6) is 0 Å². The third kappa shape index (κ3) is 9.65. The predicted molar refractivity (Wildman–Crippen MR) is 71.1 cm³/mol. The number of carbonyl (C=O) groups is 2. The summed E-state index contributed by atoms with van der Waals surface area (Å²) in [6, 6.07) is 1.99. The normalized spacial score (nSPS) is 10.9. The summed E-state index contributed by atoms with van der Waals surface area (Å²) in [4.78, 5) is 21.9. The highest BCUT2D eigenvalue weighted by Gasteiger charge is 2.07. The minimum Gasteiger partial charge on any atom is -0.481 e. The smallest absolute Gasteiger partial charge is 0.303 e. The Balaban J connectivity index is 3.87. The van der Waals surface area contributed by atoms with Gasteiger partial charge in [0.05, 0.1) is 0 Å². The molecule has 106 valence electrons. The van der Waals surface area contributed by atoms with E-state index in [-0.39, 0.29) is 18.0 Å². The first-order chi connectivity index (χ1) is 8.97. The van der Waals surface area contributed by atoms with Crippen molar-refractivity contribution < 1.29 is 14.7 Å². The molecule has 0 saturated carbocycles. The Hall–Kier alpha value is -2.03. The number of amides is 1. The molecule has 0 aromatic carbocycles. The maximum absolute atomic E-state index is 11.6. The first-order valence-corrected chi connectivity index (χ1v) is 6.33. The molecule has 0 saturated heterocycles. The molecule has 19 heavy (non-hydrogen) atoms. The van der Waals surface area contributed by atoms with E-state index in [9.17, 15) is 9.59 Å². The number of carbonyl (C=O) groups excluding carboxylic acids is 1. The van der Waals surface area contributed by atoms with Gasteiger partial charge < -0.3 is 15.7 Å². The number of nitrogens with one attached hydrogen (secondary N) is 2. The summed E-state index contributed by atoms with van der Waals surface area (Å²) < 4.78 is 0. The minimum absolute atomic E-state index is 0.0410. The van der Waals surface area contributed by atoms with Crippen LogP contribution in [0, 0.1) is 11.3 Å². The van der Waals surface area contributed by atoms with Crippen LogP contribution in [0.4, 0.5) is 0 Å². The van der Waals surface area contributed by atoms with Crippen LogP contribution in [-0.4, -0.2) is 29.6 Å². The molecule has 0 aromatic heterocycles. The van der Waals surface area contributed by atoms with E-state index in [1.807, 2.05) is 19.9 Å². The summed E-state index contributed by atoms with van der Waals surface area (Å²) in [6.45, 7) is 4.26. The van der Waals surface area contributed by atoms with Crippen molar-refractivity contribution in [2.75, 3.05) is 6.54 Å². The lowest BCUT2D eigenvalue weighted by Gasteiger charge is -2.06. The highest BCUT2D eigenvalue weighted by atomic mass is 16.4. The van der Waals surface area contributed by atoms with Gasteiger partial charge in [-0.15, -0.1) is 0 Å². The number of nitrogens with zero attached hydrogens (tertiary/aromatic N) is 1. The lowest BCUT2D eigenvalue weighted by atomic mass is 10.2. The van der Waals surface area contributed by atoms with Crippen molar-refractivity contribution in [3.63, 3.8) is 0 Å². The summed E-state index contributed by atoms with van der Waals surface area (Å²) in [5.41, 5.74) is 0.0410. The van der Waals surface area contributed by atoms with Gasteiger partial charge in [-0.05, 0) is 26.7 Å². The highest BCUT2D eigenvalue weighted by molar-refractivity contribution is 5.97. The summed E-state index contributed by atoms with van der Waals surface area (Å²) in [5.74, 6) is -1.22. The number of hydrogen-bond donors (Lipinski definition) is 3. The number of rotatable bonds is 9. The maximum Gasteiger partial charge on any atom is 0.303 e. The monoisotopic (exact) mass is 267 g/mol. The molecule has 0 unspecified atom stereocenters. The van der Waals surface area contributed by atoms with Gasteiger partial charge in [0.1, 0.15) is 11.6 Å². The zero-order valence-corrected chi connectivity index (χ0v) is 11.4. The highest BCUT2D eigenvalue weighted by Crippen LogP contribution is 1.99. The Morgan fingerprint density at radius 2 is 2.00 bits per heavy atom. The molecular formula is C13H21N3O3. The van der Waals surface area contributed by atoms with Crippen molar-refractivity contribution in [2.45, 2.75) is 45.6 Å². The number of unbranched alkanes of at least 4 members (excludes halogenated alkanes) is 2. The molecule has 0 aliphatic rings. The molecule has 0 bridgehead atoms. The topological polar surface area (TPSA) is 102 Å². The van der Waals surface area contributed by atoms with Gasteiger partial charge in [-0.25, -0.2) is 0 Å². The van der Waals surface area contributed by atoms with Crippen molar-refractivity contribution in [3.05, 3.63) is 11.8 Å². The van der Waals surface area contributed by atoms with Gasteiger partial charge in [0.2, 0.25) is 0 Å². The van der Waals surface area contributed by atoms with Crippen LogP contribution in [0.25, 0.3) is 0 Å². The molecule has 0 aliphatic heterocycles. The van der Waals surface area contributed by atoms with E-state index in [0.717, 1.165) is 6.42 Å². The molecular weight excluding hydrogens is 246 g/mol. The molecule has 0 radical (unpaired) electrons. The molecule has 0 spiro atoms. The van der Waals surface area contributed by atoms with E-state index in [0.29, 0.717) is 19.4 Å². The fourth-order valence-corrected chi connectivity index (χ4v) is 1.27. The minimum atomic E-state index is -0.807. The Labute approximate surface area is 113 Å². The van der Waals surface area contributed by atoms with Crippen LogP contribution in [0.15, 0.2) is 11.8 Å². The van der Waals surface area contributed by atoms with Gasteiger partial charge in [-0.1, -0.05) is 6.42 Å². The zero-order valence-electron chi connectivity index (χ0n) is 11.4. The second-order valence-corrected chi connectivity index (χ2v) is 4.45. The van der Waals surface area contributed by atoms with Crippen LogP contribution in [0.3, 0.4) is 0 Å². The van der Waals surface area contributed by atoms with Gasteiger partial charge in [-0.3, -0.25) is 9.59 Å². The Morgan fingerprint density at radius 3 is 2.53 bits per heavy atom. The number of nitriles is 1. The van der Waals surface area contributed by atoms with E-state index in [4.69, 9.17) is 10.4 Å². The summed E-state index contributed by atoms with van der Waals surface area (Å²) >= 11 is 0. The number of hydrogen-bond acceptors (Lipinski definition) is 4. The van der Waals surface area contributed by atoms with Gasteiger partial charge in [0.25, 0.3) is 5.91 Å². The molecule has 0 heterocycles. The molecule has 1 amide bonds. The van der Waals surface area contributed by atoms with Gasteiger partial charge in [0, 0.05) is 25.2 Å². The number of carboxylic acid groups (broad SMARTS) is 1. The van der Waals surface area contributed by atoms with E-state index in [1.54, 1.807) is 0 Å². The standard InChI is InChI=1S/C13H21N3O3/c1-10(2)16-9-11(8-14)13(19)15-7-5-3-4-6-12(17)18/h9-10,16H,3-7H2,1-2H3,(H,15,19)(H,17,18)/b11-9-. The van der Waals surface area contributed by atoms with E-state index in [1.165, 1.54) is 6.20 Å². The van der Waals surface area contributed by atoms with Crippen molar-refractivity contribution in [2.24, 2.45) is 0 Å². The van der Waals surface area contributed by atoms with Gasteiger partial charge >= 0.3 is 5.97 Å². The lowest BCUT2D eigenvalue weighted by Crippen LogP contribution is -2.27. The second-order valence-electron chi connectivity index (χ2n) is 4.45. The Kier molecular flexibility index (Phi) is 8.88. The third-order valence-electron chi connectivity index (χ3n) is 2.28. The first-order valence-electron chi connectivity index (χ1n) is 6.33. The van der Waals surface area contributed by atoms with Crippen LogP contribution >= 0.6 is 0 Å². The quantitative estimate of drug-likeness (QED) is 0.330. The van der Waals surface area contributed by atoms with E-state index < -0.39 is 11.9 Å². The first kappa shape index (κ1) is 17.0.